The summed E-state index contributed by atoms with van der Waals surface area (Å²) in [5.74, 6) is -1.24. The number of hydrogen-bond donors (Lipinski definition) is 2. The Kier molecular flexibility index (Phi) is 7.39. The van der Waals surface area contributed by atoms with Gasteiger partial charge in [-0.15, -0.1) is 0 Å². The van der Waals surface area contributed by atoms with Gasteiger partial charge in [0.15, 0.2) is 5.82 Å². The minimum atomic E-state index is -5.08. The predicted molar refractivity (Wildman–Crippen MR) is 112 cm³/mol. The Morgan fingerprint density at radius 3 is 2.68 bits per heavy atom. The van der Waals surface area contributed by atoms with Crippen molar-refractivity contribution in [1.82, 2.24) is 19.9 Å². The highest BCUT2D eigenvalue weighted by Crippen LogP contribution is 2.25. The first kappa shape index (κ1) is 22.9. The van der Waals surface area contributed by atoms with Gasteiger partial charge in [-0.2, -0.15) is 13.2 Å². The number of fused-ring (bicyclic) bond motifs is 1. The Bertz CT molecular complexity index is 1010. The molecule has 1 saturated heterocycles. The number of aryl methyl sites for hydroxylation is 1. The minimum absolute atomic E-state index is 0.651. The maximum Gasteiger partial charge on any atom is 0.490 e. The van der Waals surface area contributed by atoms with Crippen LogP contribution < -0.4 is 5.32 Å². The molecule has 0 aliphatic carbocycles. The molecule has 11 heteroatoms. The second-order valence-electron chi connectivity index (χ2n) is 7.17. The lowest BCUT2D eigenvalue weighted by atomic mass is 10.1. The molecule has 0 bridgehead atoms. The summed E-state index contributed by atoms with van der Waals surface area (Å²) in [5.41, 5.74) is 2.29. The van der Waals surface area contributed by atoms with Crippen molar-refractivity contribution in [3.8, 4) is 0 Å². The van der Waals surface area contributed by atoms with Gasteiger partial charge in [0.1, 0.15) is 16.7 Å². The van der Waals surface area contributed by atoms with E-state index in [1.807, 2.05) is 6.92 Å². The van der Waals surface area contributed by atoms with E-state index >= 15 is 0 Å². The van der Waals surface area contributed by atoms with Gasteiger partial charge in [-0.05, 0) is 31.4 Å². The maximum atomic E-state index is 10.6. The third-order valence-corrected chi connectivity index (χ3v) is 5.60. The SMILES string of the molecule is Cc1nc2c(NCC3CCN(Cc4ccccc4)C3)ncnc2s1.O=C(O)C(F)(F)F. The summed E-state index contributed by atoms with van der Waals surface area (Å²) in [5, 5.41) is 11.6. The lowest BCUT2D eigenvalue weighted by Gasteiger charge is -2.16. The number of hydrogen-bond acceptors (Lipinski definition) is 7. The number of nitrogens with zero attached hydrogens (tertiary/aromatic N) is 4. The average Bonchev–Trinajstić information content (AvgIpc) is 3.32. The zero-order valence-electron chi connectivity index (χ0n) is 16.8. The second kappa shape index (κ2) is 10.0. The number of thiazole rings is 1. The fraction of sp³-hybridized carbons (Fsp3) is 0.400. The van der Waals surface area contributed by atoms with Crippen LogP contribution in [0.25, 0.3) is 10.3 Å². The van der Waals surface area contributed by atoms with Crippen LogP contribution in [0, 0.1) is 12.8 Å². The fourth-order valence-electron chi connectivity index (χ4n) is 3.29. The molecule has 31 heavy (non-hydrogen) atoms. The number of benzene rings is 1. The van der Waals surface area contributed by atoms with Crippen molar-refractivity contribution < 1.29 is 23.1 Å². The predicted octanol–water partition coefficient (Wildman–Crippen LogP) is 3.96. The number of likely N-dealkylation sites (tertiary alicyclic amines) is 1. The third kappa shape index (κ3) is 6.59. The van der Waals surface area contributed by atoms with E-state index in [9.17, 15) is 13.2 Å². The van der Waals surface area contributed by atoms with Crippen LogP contribution in [0.15, 0.2) is 36.7 Å². The van der Waals surface area contributed by atoms with Crippen LogP contribution in [0.1, 0.15) is 17.0 Å². The van der Waals surface area contributed by atoms with Gasteiger partial charge in [-0.25, -0.2) is 19.7 Å². The molecular weight excluding hydrogens is 431 g/mol. The Morgan fingerprint density at radius 1 is 1.29 bits per heavy atom. The van der Waals surface area contributed by atoms with Gasteiger partial charge >= 0.3 is 12.1 Å². The van der Waals surface area contributed by atoms with Crippen molar-refractivity contribution in [2.24, 2.45) is 5.92 Å². The van der Waals surface area contributed by atoms with Gasteiger partial charge < -0.3 is 10.4 Å². The number of carboxylic acids is 1. The smallest absolute Gasteiger partial charge is 0.475 e. The van der Waals surface area contributed by atoms with E-state index in [0.717, 1.165) is 47.4 Å². The topological polar surface area (TPSA) is 91.2 Å². The number of aliphatic carboxylic acids is 1. The Balaban J connectivity index is 0.000000339. The van der Waals surface area contributed by atoms with Gasteiger partial charge in [-0.3, -0.25) is 4.90 Å². The van der Waals surface area contributed by atoms with Crippen molar-refractivity contribution >= 4 is 33.5 Å². The minimum Gasteiger partial charge on any atom is -0.475 e. The lowest BCUT2D eigenvalue weighted by Crippen LogP contribution is -2.22. The van der Waals surface area contributed by atoms with E-state index in [2.05, 4.69) is 55.5 Å². The first-order valence-corrected chi connectivity index (χ1v) is 10.4. The van der Waals surface area contributed by atoms with Crippen molar-refractivity contribution in [2.45, 2.75) is 26.1 Å². The molecule has 0 radical (unpaired) electrons. The molecule has 3 heterocycles. The molecule has 0 saturated carbocycles. The van der Waals surface area contributed by atoms with Crippen molar-refractivity contribution in [2.75, 3.05) is 25.0 Å². The van der Waals surface area contributed by atoms with Gasteiger partial charge in [-0.1, -0.05) is 41.7 Å². The number of anilines is 1. The average molecular weight is 453 g/mol. The molecule has 166 valence electrons. The zero-order valence-corrected chi connectivity index (χ0v) is 17.6. The third-order valence-electron chi connectivity index (χ3n) is 4.72. The number of aromatic nitrogens is 3. The summed E-state index contributed by atoms with van der Waals surface area (Å²) in [6.45, 7) is 6.28. The molecule has 0 spiro atoms. The van der Waals surface area contributed by atoms with E-state index < -0.39 is 12.1 Å². The number of alkyl halides is 3. The molecule has 7 nitrogen and oxygen atoms in total. The maximum absolute atomic E-state index is 10.6. The largest absolute Gasteiger partial charge is 0.490 e. The monoisotopic (exact) mass is 453 g/mol. The number of nitrogens with one attached hydrogen (secondary N) is 1. The van der Waals surface area contributed by atoms with Crippen LogP contribution in [0.3, 0.4) is 0 Å². The number of rotatable bonds is 5. The molecule has 3 aromatic rings. The van der Waals surface area contributed by atoms with Gasteiger partial charge in [0, 0.05) is 19.6 Å². The Morgan fingerprint density at radius 2 is 2.00 bits per heavy atom. The summed E-state index contributed by atoms with van der Waals surface area (Å²) >= 11 is 1.62. The van der Waals surface area contributed by atoms with E-state index in [0.29, 0.717) is 5.92 Å². The summed E-state index contributed by atoms with van der Waals surface area (Å²) < 4.78 is 31.7. The summed E-state index contributed by atoms with van der Waals surface area (Å²) in [4.78, 5) is 25.6. The number of halogens is 3. The van der Waals surface area contributed by atoms with Gasteiger partial charge in [0.05, 0.1) is 5.01 Å². The van der Waals surface area contributed by atoms with E-state index in [-0.39, 0.29) is 0 Å². The molecule has 2 N–H and O–H groups in total. The van der Waals surface area contributed by atoms with Crippen LogP contribution >= 0.6 is 11.3 Å². The summed E-state index contributed by atoms with van der Waals surface area (Å²) in [6.07, 6.45) is -2.23. The number of carboxylic acid groups (broad SMARTS) is 1. The molecule has 1 aliphatic rings. The first-order chi connectivity index (χ1) is 14.7. The van der Waals surface area contributed by atoms with Crippen molar-refractivity contribution in [3.63, 3.8) is 0 Å². The molecule has 4 rings (SSSR count). The van der Waals surface area contributed by atoms with Crippen LogP contribution in [-0.2, 0) is 11.3 Å². The Labute approximate surface area is 181 Å². The highest BCUT2D eigenvalue weighted by atomic mass is 32.1. The van der Waals surface area contributed by atoms with Crippen LogP contribution in [0.4, 0.5) is 19.0 Å². The first-order valence-electron chi connectivity index (χ1n) is 9.60. The highest BCUT2D eigenvalue weighted by Gasteiger charge is 2.38. The van der Waals surface area contributed by atoms with Crippen LogP contribution in [0.5, 0.6) is 0 Å². The van der Waals surface area contributed by atoms with Crippen LogP contribution in [-0.4, -0.2) is 56.7 Å². The fourth-order valence-corrected chi connectivity index (χ4v) is 4.05. The standard InChI is InChI=1S/C18H21N5S.C2HF3O2/c1-13-22-16-17(20-12-21-18(16)24-13)19-9-15-7-8-23(11-15)10-14-5-3-2-4-6-14;3-2(4,5)1(6)7/h2-6,12,15H,7-11H2,1H3,(H,19,20,21);(H,6,7). The van der Waals surface area contributed by atoms with Gasteiger partial charge in [0.2, 0.25) is 0 Å². The van der Waals surface area contributed by atoms with Crippen molar-refractivity contribution in [1.29, 1.82) is 0 Å². The quantitative estimate of drug-likeness (QED) is 0.604. The van der Waals surface area contributed by atoms with Crippen molar-refractivity contribution in [3.05, 3.63) is 47.2 Å². The highest BCUT2D eigenvalue weighted by molar-refractivity contribution is 7.18. The summed E-state index contributed by atoms with van der Waals surface area (Å²) in [6, 6.07) is 10.7. The van der Waals surface area contributed by atoms with E-state index in [1.165, 1.54) is 12.0 Å². The number of carbonyl (C=O) groups is 1. The van der Waals surface area contributed by atoms with Gasteiger partial charge in [0.25, 0.3) is 0 Å². The van der Waals surface area contributed by atoms with E-state index in [4.69, 9.17) is 9.90 Å². The lowest BCUT2D eigenvalue weighted by molar-refractivity contribution is -0.192. The molecule has 2 aromatic heterocycles. The molecule has 1 fully saturated rings. The molecule has 1 aliphatic heterocycles. The normalized spacial score (nSPS) is 16.7. The molecule has 1 aromatic carbocycles. The Hall–Kier alpha value is -2.79. The molecular formula is C20H22F3N5O2S. The zero-order chi connectivity index (χ0) is 22.4. The summed E-state index contributed by atoms with van der Waals surface area (Å²) in [7, 11) is 0. The van der Waals surface area contributed by atoms with E-state index in [1.54, 1.807) is 17.7 Å². The molecule has 1 unspecified atom stereocenters. The van der Waals surface area contributed by atoms with Crippen LogP contribution in [0.2, 0.25) is 0 Å². The molecule has 0 amide bonds. The molecule has 1 atom stereocenters. The second-order valence-corrected chi connectivity index (χ2v) is 8.35.